The smallest absolute Gasteiger partial charge is 0.220 e. The highest BCUT2D eigenvalue weighted by Crippen LogP contribution is 2.41. The van der Waals surface area contributed by atoms with Crippen LogP contribution in [0.1, 0.15) is 12.8 Å². The number of fused-ring (bicyclic) bond motifs is 1. The minimum Gasteiger partial charge on any atom is -0.353 e. The molecule has 2 nitrogen and oxygen atoms in total. The molecular weight excluding hydrogens is 274 g/mol. The van der Waals surface area contributed by atoms with Gasteiger partial charge in [0.25, 0.3) is 0 Å². The van der Waals surface area contributed by atoms with Crippen molar-refractivity contribution in [2.24, 2.45) is 5.92 Å². The number of halogens is 2. The number of hydrogen-bond acceptors (Lipinski definition) is 1. The Bertz CT molecular complexity index is 197. The number of nitrogens with one attached hydrogen (secondary N) is 1. The van der Waals surface area contributed by atoms with Crippen molar-refractivity contribution >= 4 is 37.8 Å². The summed E-state index contributed by atoms with van der Waals surface area (Å²) in [5.41, 5.74) is 0. The van der Waals surface area contributed by atoms with Crippen molar-refractivity contribution in [3.63, 3.8) is 0 Å². The Hall–Kier alpha value is 0.430. The number of amides is 1. The minimum absolute atomic E-state index is 0.212. The number of rotatable bonds is 0. The molecule has 2 aliphatic rings. The summed E-state index contributed by atoms with van der Waals surface area (Å²) in [4.78, 5) is 12.0. The van der Waals surface area contributed by atoms with Crippen molar-refractivity contribution < 1.29 is 4.79 Å². The topological polar surface area (TPSA) is 29.1 Å². The van der Waals surface area contributed by atoms with Crippen molar-refractivity contribution in [1.82, 2.24) is 5.32 Å². The SMILES string of the molecule is O=C1C[C@H]2[C@H](Br)[C@@H](Br)C[C@H]2N1. The molecule has 2 rings (SSSR count). The van der Waals surface area contributed by atoms with Crippen LogP contribution in [0.3, 0.4) is 0 Å². The fourth-order valence-electron chi connectivity index (χ4n) is 1.94. The summed E-state index contributed by atoms with van der Waals surface area (Å²) in [7, 11) is 0. The maximum atomic E-state index is 11.0. The highest BCUT2D eigenvalue weighted by molar-refractivity contribution is 9.12. The molecule has 1 heterocycles. The van der Waals surface area contributed by atoms with Crippen molar-refractivity contribution in [1.29, 1.82) is 0 Å². The predicted molar refractivity (Wildman–Crippen MR) is 50.1 cm³/mol. The lowest BCUT2D eigenvalue weighted by molar-refractivity contribution is -0.119. The normalized spacial score (nSPS) is 49.1. The van der Waals surface area contributed by atoms with Gasteiger partial charge in [-0.2, -0.15) is 0 Å². The first-order valence-corrected chi connectivity index (χ1v) is 5.59. The summed E-state index contributed by atoms with van der Waals surface area (Å²) < 4.78 is 0. The molecule has 0 bridgehead atoms. The van der Waals surface area contributed by atoms with Gasteiger partial charge in [0.2, 0.25) is 5.91 Å². The molecule has 11 heavy (non-hydrogen) atoms. The van der Waals surface area contributed by atoms with Gasteiger partial charge in [-0.25, -0.2) is 0 Å². The quantitative estimate of drug-likeness (QED) is 0.669. The van der Waals surface area contributed by atoms with Gasteiger partial charge in [0.15, 0.2) is 0 Å². The standard InChI is InChI=1S/C7H9Br2NO/c8-4-2-5-3(7(4)9)1-6(11)10-5/h3-5,7H,1-2H2,(H,10,11)/t3-,4+,5-,7+/m1/s1. The second-order valence-electron chi connectivity index (χ2n) is 3.24. The zero-order valence-corrected chi connectivity index (χ0v) is 9.06. The van der Waals surface area contributed by atoms with E-state index in [1.807, 2.05) is 0 Å². The first kappa shape index (κ1) is 8.05. The van der Waals surface area contributed by atoms with E-state index in [0.717, 1.165) is 6.42 Å². The number of alkyl halides is 2. The molecule has 1 amide bonds. The van der Waals surface area contributed by atoms with Gasteiger partial charge in [-0.3, -0.25) is 4.79 Å². The average Bonchev–Trinajstić information content (AvgIpc) is 2.37. The highest BCUT2D eigenvalue weighted by Gasteiger charge is 2.46. The molecule has 4 heteroatoms. The third-order valence-electron chi connectivity index (χ3n) is 2.52. The Kier molecular flexibility index (Phi) is 2.00. The van der Waals surface area contributed by atoms with Gasteiger partial charge < -0.3 is 5.32 Å². The molecular formula is C7H9Br2NO. The van der Waals surface area contributed by atoms with Gasteiger partial charge >= 0.3 is 0 Å². The summed E-state index contributed by atoms with van der Waals surface area (Å²) in [5.74, 6) is 0.718. The molecule has 0 aromatic carbocycles. The Morgan fingerprint density at radius 3 is 2.82 bits per heavy atom. The first-order valence-electron chi connectivity index (χ1n) is 3.76. The lowest BCUT2D eigenvalue weighted by Gasteiger charge is -2.10. The van der Waals surface area contributed by atoms with E-state index in [4.69, 9.17) is 0 Å². The van der Waals surface area contributed by atoms with E-state index in [-0.39, 0.29) is 5.91 Å². The van der Waals surface area contributed by atoms with Crippen LogP contribution in [0.2, 0.25) is 0 Å². The van der Waals surface area contributed by atoms with Crippen molar-refractivity contribution in [3.8, 4) is 0 Å². The molecule has 1 N–H and O–H groups in total. The van der Waals surface area contributed by atoms with Gasteiger partial charge in [-0.05, 0) is 6.42 Å². The lowest BCUT2D eigenvalue weighted by atomic mass is 10.1. The van der Waals surface area contributed by atoms with Crippen LogP contribution >= 0.6 is 31.9 Å². The molecule has 4 atom stereocenters. The molecule has 0 unspecified atom stereocenters. The third-order valence-corrected chi connectivity index (χ3v) is 5.49. The summed E-state index contributed by atoms with van der Waals surface area (Å²) >= 11 is 7.18. The van der Waals surface area contributed by atoms with Crippen LogP contribution in [-0.4, -0.2) is 21.6 Å². The van der Waals surface area contributed by atoms with E-state index in [0.29, 0.717) is 28.0 Å². The van der Waals surface area contributed by atoms with E-state index in [9.17, 15) is 4.79 Å². The second kappa shape index (κ2) is 2.73. The molecule has 0 aromatic rings. The Labute approximate surface area is 82.4 Å². The van der Waals surface area contributed by atoms with Crippen LogP contribution in [0.25, 0.3) is 0 Å². The second-order valence-corrected chi connectivity index (χ2v) is 5.47. The summed E-state index contributed by atoms with van der Waals surface area (Å²) in [5, 5.41) is 2.98. The summed E-state index contributed by atoms with van der Waals surface area (Å²) in [6, 6.07) is 0.413. The number of carbonyl (C=O) groups excluding carboxylic acids is 1. The lowest BCUT2D eigenvalue weighted by Crippen LogP contribution is -2.26. The largest absolute Gasteiger partial charge is 0.353 e. The van der Waals surface area contributed by atoms with Gasteiger partial charge in [-0.15, -0.1) is 0 Å². The molecule has 1 saturated carbocycles. The third kappa shape index (κ3) is 1.24. The molecule has 1 aliphatic carbocycles. The maximum Gasteiger partial charge on any atom is 0.220 e. The van der Waals surface area contributed by atoms with E-state index >= 15 is 0 Å². The molecule has 2 fully saturated rings. The first-order chi connectivity index (χ1) is 5.18. The van der Waals surface area contributed by atoms with Gasteiger partial charge in [-0.1, -0.05) is 31.9 Å². The Morgan fingerprint density at radius 1 is 1.45 bits per heavy atom. The number of carbonyl (C=O) groups is 1. The van der Waals surface area contributed by atoms with Gasteiger partial charge in [0.1, 0.15) is 0 Å². The van der Waals surface area contributed by atoms with Crippen molar-refractivity contribution in [2.75, 3.05) is 0 Å². The maximum absolute atomic E-state index is 11.0. The van der Waals surface area contributed by atoms with Crippen LogP contribution in [0.15, 0.2) is 0 Å². The van der Waals surface area contributed by atoms with Gasteiger partial charge in [0.05, 0.1) is 0 Å². The van der Waals surface area contributed by atoms with Crippen LogP contribution in [0.4, 0.5) is 0 Å². The van der Waals surface area contributed by atoms with Crippen LogP contribution in [0.5, 0.6) is 0 Å². The zero-order chi connectivity index (χ0) is 8.01. The summed E-state index contributed by atoms with van der Waals surface area (Å²) in [6.45, 7) is 0. The van der Waals surface area contributed by atoms with E-state index in [2.05, 4.69) is 37.2 Å². The van der Waals surface area contributed by atoms with Crippen LogP contribution in [0, 0.1) is 5.92 Å². The molecule has 1 aliphatic heterocycles. The zero-order valence-electron chi connectivity index (χ0n) is 5.89. The fourth-order valence-corrected chi connectivity index (χ4v) is 3.50. The van der Waals surface area contributed by atoms with Gasteiger partial charge in [0, 0.05) is 28.0 Å². The number of hydrogen-bond donors (Lipinski definition) is 1. The molecule has 0 radical (unpaired) electrons. The average molecular weight is 283 g/mol. The van der Waals surface area contributed by atoms with E-state index in [1.165, 1.54) is 0 Å². The fraction of sp³-hybridized carbons (Fsp3) is 0.857. The molecule has 62 valence electrons. The van der Waals surface area contributed by atoms with Crippen molar-refractivity contribution in [2.45, 2.75) is 28.5 Å². The molecule has 0 spiro atoms. The van der Waals surface area contributed by atoms with E-state index in [1.54, 1.807) is 0 Å². The van der Waals surface area contributed by atoms with E-state index < -0.39 is 0 Å². The monoisotopic (exact) mass is 281 g/mol. The summed E-state index contributed by atoms with van der Waals surface area (Å²) in [6.07, 6.45) is 1.76. The van der Waals surface area contributed by atoms with Crippen LogP contribution in [-0.2, 0) is 4.79 Å². The minimum atomic E-state index is 0.212. The highest BCUT2D eigenvalue weighted by atomic mass is 79.9. The molecule has 1 saturated heterocycles. The Morgan fingerprint density at radius 2 is 2.18 bits per heavy atom. The van der Waals surface area contributed by atoms with Crippen molar-refractivity contribution in [3.05, 3.63) is 0 Å². The predicted octanol–water partition coefficient (Wildman–Crippen LogP) is 1.42. The van der Waals surface area contributed by atoms with Crippen LogP contribution < -0.4 is 5.32 Å². The molecule has 0 aromatic heterocycles. The Balaban J connectivity index is 2.13.